The molecule has 104 valence electrons. The Morgan fingerprint density at radius 1 is 0.950 bits per heavy atom. The Hall–Kier alpha value is -1.80. The molecule has 1 saturated heterocycles. The van der Waals surface area contributed by atoms with Gasteiger partial charge < -0.3 is 10.6 Å². The minimum Gasteiger partial charge on any atom is -0.385 e. The first-order valence-electron chi connectivity index (χ1n) is 7.52. The Bertz CT molecular complexity index is 513. The number of piperidine rings is 1. The first-order chi connectivity index (χ1) is 9.92. The summed E-state index contributed by atoms with van der Waals surface area (Å²) in [5, 5.41) is 7.01. The summed E-state index contributed by atoms with van der Waals surface area (Å²) in [6.07, 6.45) is 2.64. The van der Waals surface area contributed by atoms with E-state index in [-0.39, 0.29) is 0 Å². The van der Waals surface area contributed by atoms with Gasteiger partial charge in [0.15, 0.2) is 0 Å². The minimum atomic E-state index is 0.762. The maximum atomic E-state index is 3.55. The van der Waals surface area contributed by atoms with Gasteiger partial charge >= 0.3 is 0 Å². The zero-order chi connectivity index (χ0) is 13.6. The van der Waals surface area contributed by atoms with Crippen LogP contribution in [0.15, 0.2) is 54.6 Å². The lowest BCUT2D eigenvalue weighted by molar-refractivity contribution is 0.393. The molecule has 2 nitrogen and oxygen atoms in total. The molecule has 1 aliphatic heterocycles. The van der Waals surface area contributed by atoms with Gasteiger partial charge in [0.2, 0.25) is 0 Å². The largest absolute Gasteiger partial charge is 0.385 e. The van der Waals surface area contributed by atoms with Crippen LogP contribution in [0.25, 0.3) is 11.1 Å². The van der Waals surface area contributed by atoms with Gasteiger partial charge in [0.1, 0.15) is 0 Å². The lowest BCUT2D eigenvalue weighted by Crippen LogP contribution is -2.33. The van der Waals surface area contributed by atoms with Crippen LogP contribution in [-0.4, -0.2) is 19.6 Å². The third-order valence-corrected chi connectivity index (χ3v) is 3.99. The molecule has 2 N–H and O–H groups in total. The molecule has 2 aromatic rings. The number of hydrogen-bond donors (Lipinski definition) is 2. The monoisotopic (exact) mass is 266 g/mol. The Morgan fingerprint density at radius 2 is 1.70 bits per heavy atom. The second-order valence-corrected chi connectivity index (χ2v) is 5.54. The minimum absolute atomic E-state index is 0.762. The summed E-state index contributed by atoms with van der Waals surface area (Å²) < 4.78 is 0. The Labute approximate surface area is 121 Å². The van der Waals surface area contributed by atoms with Crippen molar-refractivity contribution in [3.63, 3.8) is 0 Å². The van der Waals surface area contributed by atoms with Gasteiger partial charge in [-0.1, -0.05) is 42.5 Å². The van der Waals surface area contributed by atoms with Crippen LogP contribution in [0.1, 0.15) is 12.8 Å². The molecule has 0 amide bonds. The molecular formula is C18H22N2. The summed E-state index contributed by atoms with van der Waals surface area (Å²) in [5.41, 5.74) is 3.77. The molecule has 1 unspecified atom stereocenters. The predicted octanol–water partition coefficient (Wildman–Crippen LogP) is 3.77. The summed E-state index contributed by atoms with van der Waals surface area (Å²) in [4.78, 5) is 0. The molecule has 1 aliphatic rings. The van der Waals surface area contributed by atoms with Crippen molar-refractivity contribution in [3.05, 3.63) is 54.6 Å². The molecule has 0 spiro atoms. The van der Waals surface area contributed by atoms with Gasteiger partial charge in [-0.2, -0.15) is 0 Å². The first-order valence-corrected chi connectivity index (χ1v) is 7.52. The fourth-order valence-electron chi connectivity index (χ4n) is 2.77. The average Bonchev–Trinajstić information content (AvgIpc) is 2.55. The third kappa shape index (κ3) is 3.40. The fraction of sp³-hybridized carbons (Fsp3) is 0.333. The van der Waals surface area contributed by atoms with Crippen molar-refractivity contribution < 1.29 is 0 Å². The van der Waals surface area contributed by atoms with Gasteiger partial charge in [-0.25, -0.2) is 0 Å². The topological polar surface area (TPSA) is 24.1 Å². The lowest BCUT2D eigenvalue weighted by atomic mass is 9.99. The molecule has 2 heteroatoms. The fourth-order valence-corrected chi connectivity index (χ4v) is 2.77. The highest BCUT2D eigenvalue weighted by molar-refractivity contribution is 5.65. The van der Waals surface area contributed by atoms with Crippen LogP contribution in [-0.2, 0) is 0 Å². The van der Waals surface area contributed by atoms with Crippen LogP contribution in [0, 0.1) is 5.92 Å². The van der Waals surface area contributed by atoms with Gasteiger partial charge in [0.05, 0.1) is 0 Å². The van der Waals surface area contributed by atoms with Gasteiger partial charge in [-0.05, 0) is 55.1 Å². The van der Waals surface area contributed by atoms with E-state index in [9.17, 15) is 0 Å². The van der Waals surface area contributed by atoms with Crippen LogP contribution in [0.4, 0.5) is 5.69 Å². The molecule has 20 heavy (non-hydrogen) atoms. The van der Waals surface area contributed by atoms with Gasteiger partial charge in [0, 0.05) is 12.2 Å². The van der Waals surface area contributed by atoms with Gasteiger partial charge in [-0.15, -0.1) is 0 Å². The molecule has 0 bridgehead atoms. The Morgan fingerprint density at radius 3 is 2.40 bits per heavy atom. The normalized spacial score (nSPS) is 18.7. The smallest absolute Gasteiger partial charge is 0.0340 e. The van der Waals surface area contributed by atoms with Crippen LogP contribution in [0.3, 0.4) is 0 Å². The quantitative estimate of drug-likeness (QED) is 0.880. The predicted molar refractivity (Wildman–Crippen MR) is 86.0 cm³/mol. The highest BCUT2D eigenvalue weighted by atomic mass is 14.9. The summed E-state index contributed by atoms with van der Waals surface area (Å²) >= 11 is 0. The van der Waals surface area contributed by atoms with E-state index < -0.39 is 0 Å². The number of benzene rings is 2. The molecule has 0 radical (unpaired) electrons. The lowest BCUT2D eigenvalue weighted by Gasteiger charge is -2.23. The number of hydrogen-bond acceptors (Lipinski definition) is 2. The van der Waals surface area contributed by atoms with Crippen molar-refractivity contribution in [1.82, 2.24) is 5.32 Å². The van der Waals surface area contributed by atoms with Crippen LogP contribution in [0.5, 0.6) is 0 Å². The maximum Gasteiger partial charge on any atom is 0.0340 e. The Kier molecular flexibility index (Phi) is 4.34. The van der Waals surface area contributed by atoms with E-state index in [1.54, 1.807) is 0 Å². The van der Waals surface area contributed by atoms with Crippen molar-refractivity contribution in [2.75, 3.05) is 25.0 Å². The van der Waals surface area contributed by atoms with E-state index in [0.717, 1.165) is 19.0 Å². The molecule has 1 fully saturated rings. The van der Waals surface area contributed by atoms with E-state index in [4.69, 9.17) is 0 Å². The van der Waals surface area contributed by atoms with Crippen LogP contribution < -0.4 is 10.6 Å². The summed E-state index contributed by atoms with van der Waals surface area (Å²) in [6, 6.07) is 19.3. The zero-order valence-electron chi connectivity index (χ0n) is 11.8. The SMILES string of the molecule is c1ccc(-c2ccc(NCC3CCCNC3)cc2)cc1. The van der Waals surface area contributed by atoms with Crippen molar-refractivity contribution in [2.45, 2.75) is 12.8 Å². The second-order valence-electron chi connectivity index (χ2n) is 5.54. The van der Waals surface area contributed by atoms with Crippen molar-refractivity contribution in [3.8, 4) is 11.1 Å². The second kappa shape index (κ2) is 6.58. The summed E-state index contributed by atoms with van der Waals surface area (Å²) in [5.74, 6) is 0.762. The third-order valence-electron chi connectivity index (χ3n) is 3.99. The molecule has 0 aromatic heterocycles. The van der Waals surface area contributed by atoms with Gasteiger partial charge in [0.25, 0.3) is 0 Å². The maximum absolute atomic E-state index is 3.55. The van der Waals surface area contributed by atoms with Crippen LogP contribution in [0.2, 0.25) is 0 Å². The first kappa shape index (κ1) is 13.2. The molecule has 0 saturated carbocycles. The number of rotatable bonds is 4. The molecule has 1 atom stereocenters. The van der Waals surface area contributed by atoms with Crippen molar-refractivity contribution in [1.29, 1.82) is 0 Å². The molecule has 0 aliphatic carbocycles. The number of nitrogens with one attached hydrogen (secondary N) is 2. The zero-order valence-corrected chi connectivity index (χ0v) is 11.8. The van der Waals surface area contributed by atoms with E-state index >= 15 is 0 Å². The highest BCUT2D eigenvalue weighted by Gasteiger charge is 2.12. The summed E-state index contributed by atoms with van der Waals surface area (Å²) in [6.45, 7) is 3.40. The highest BCUT2D eigenvalue weighted by Crippen LogP contribution is 2.21. The molecule has 2 aromatic carbocycles. The number of anilines is 1. The van der Waals surface area contributed by atoms with Crippen LogP contribution >= 0.6 is 0 Å². The van der Waals surface area contributed by atoms with Crippen molar-refractivity contribution in [2.24, 2.45) is 5.92 Å². The van der Waals surface area contributed by atoms with E-state index in [1.165, 1.54) is 36.2 Å². The van der Waals surface area contributed by atoms with Crippen molar-refractivity contribution >= 4 is 5.69 Å². The van der Waals surface area contributed by atoms with E-state index in [2.05, 4.69) is 65.2 Å². The summed E-state index contributed by atoms with van der Waals surface area (Å²) in [7, 11) is 0. The standard InChI is InChI=1S/C18H22N2/c1-2-6-16(7-3-1)17-8-10-18(11-9-17)20-14-15-5-4-12-19-13-15/h1-3,6-11,15,19-20H,4-5,12-14H2. The average molecular weight is 266 g/mol. The molecule has 1 heterocycles. The van der Waals surface area contributed by atoms with E-state index in [1.807, 2.05) is 0 Å². The Balaban J connectivity index is 1.58. The molecular weight excluding hydrogens is 244 g/mol. The molecule has 3 rings (SSSR count). The van der Waals surface area contributed by atoms with Gasteiger partial charge in [-0.3, -0.25) is 0 Å². The van der Waals surface area contributed by atoms with E-state index in [0.29, 0.717) is 0 Å².